The van der Waals surface area contributed by atoms with Crippen molar-refractivity contribution in [3.8, 4) is 5.69 Å². The fourth-order valence-corrected chi connectivity index (χ4v) is 4.20. The molecule has 1 aromatic heterocycles. The molecule has 8 nitrogen and oxygen atoms in total. The largest absolute Gasteiger partial charge is 0.455 e. The van der Waals surface area contributed by atoms with E-state index < -0.39 is 17.4 Å². The summed E-state index contributed by atoms with van der Waals surface area (Å²) >= 11 is 0. The Kier molecular flexibility index (Phi) is 5.25. The van der Waals surface area contributed by atoms with Crippen LogP contribution in [0.2, 0.25) is 0 Å². The van der Waals surface area contributed by atoms with E-state index in [0.29, 0.717) is 30.2 Å². The Morgan fingerprint density at radius 3 is 2.48 bits per heavy atom. The van der Waals surface area contributed by atoms with Crippen molar-refractivity contribution < 1.29 is 18.7 Å². The average molecular weight is 429 g/mol. The van der Waals surface area contributed by atoms with E-state index in [4.69, 9.17) is 4.74 Å². The molecule has 9 heteroatoms. The molecule has 0 saturated carbocycles. The molecule has 0 aliphatic carbocycles. The highest BCUT2D eigenvalue weighted by molar-refractivity contribution is 5.97. The van der Waals surface area contributed by atoms with Gasteiger partial charge in [-0.1, -0.05) is 0 Å². The minimum absolute atomic E-state index is 0.0228. The number of nitrogens with zero attached hydrogens (tertiary/aromatic N) is 4. The summed E-state index contributed by atoms with van der Waals surface area (Å²) in [5.74, 6) is -0.989. The van der Waals surface area contributed by atoms with Crippen LogP contribution in [0.4, 0.5) is 14.9 Å². The predicted octanol–water partition coefficient (Wildman–Crippen LogP) is 3.09. The van der Waals surface area contributed by atoms with Crippen LogP contribution in [0.3, 0.4) is 0 Å². The van der Waals surface area contributed by atoms with Gasteiger partial charge in [0.05, 0.1) is 23.6 Å². The van der Waals surface area contributed by atoms with Gasteiger partial charge < -0.3 is 15.0 Å². The predicted molar refractivity (Wildman–Crippen MR) is 114 cm³/mol. The molecule has 0 spiro atoms. The quantitative estimate of drug-likeness (QED) is 0.705. The number of hydrogen-bond donors (Lipinski definition) is 1. The molecule has 31 heavy (non-hydrogen) atoms. The van der Waals surface area contributed by atoms with Gasteiger partial charge in [0.25, 0.3) is 0 Å². The molecule has 3 heterocycles. The second kappa shape index (κ2) is 7.64. The van der Waals surface area contributed by atoms with Crippen molar-refractivity contribution in [1.82, 2.24) is 19.8 Å². The van der Waals surface area contributed by atoms with E-state index in [1.807, 2.05) is 18.7 Å². The summed E-state index contributed by atoms with van der Waals surface area (Å²) < 4.78 is 21.4. The van der Waals surface area contributed by atoms with E-state index >= 15 is 0 Å². The van der Waals surface area contributed by atoms with Crippen molar-refractivity contribution >= 4 is 17.7 Å². The van der Waals surface area contributed by atoms with Crippen LogP contribution < -0.4 is 10.2 Å². The van der Waals surface area contributed by atoms with Crippen LogP contribution in [0, 0.1) is 5.82 Å². The molecule has 166 valence electrons. The number of fused-ring (bicyclic) bond motifs is 3. The lowest BCUT2D eigenvalue weighted by atomic mass is 10.1. The number of benzene rings is 1. The number of imidazole rings is 1. The van der Waals surface area contributed by atoms with Crippen molar-refractivity contribution in [2.45, 2.75) is 58.8 Å². The lowest BCUT2D eigenvalue weighted by Crippen LogP contribution is -2.60. The van der Waals surface area contributed by atoms with Crippen LogP contribution in [-0.2, 0) is 11.3 Å². The molecule has 0 unspecified atom stereocenters. The highest BCUT2D eigenvalue weighted by Crippen LogP contribution is 2.35. The molecule has 2 atom stereocenters. The maximum absolute atomic E-state index is 14.2. The second-order valence-electron chi connectivity index (χ2n) is 9.18. The standard InChI is InChI=1S/C22H28FN5O3/c1-13-9-24-10-14(2)28(13)21(30)26-11-18-19(20(29)31-22(3,4)5)25-12-27(18)16-7-6-15(23)8-17(16)26/h6-8,12-14,24H,9-11H2,1-5H3/t13-,14+. The Bertz CT molecular complexity index is 1020. The first-order chi connectivity index (χ1) is 14.6. The third-order valence-corrected chi connectivity index (χ3v) is 5.54. The lowest BCUT2D eigenvalue weighted by molar-refractivity contribution is 0.00618. The highest BCUT2D eigenvalue weighted by atomic mass is 19.1. The number of urea groups is 1. The number of carbonyl (C=O) groups is 2. The Balaban J connectivity index is 1.77. The van der Waals surface area contributed by atoms with Crippen LogP contribution >= 0.6 is 0 Å². The molecule has 1 aromatic carbocycles. The zero-order valence-corrected chi connectivity index (χ0v) is 18.5. The van der Waals surface area contributed by atoms with Gasteiger partial charge in [-0.05, 0) is 52.8 Å². The number of rotatable bonds is 1. The molecule has 2 aliphatic rings. The number of carbonyl (C=O) groups excluding carboxylic acids is 2. The number of anilines is 1. The van der Waals surface area contributed by atoms with Gasteiger partial charge in [0.2, 0.25) is 0 Å². The van der Waals surface area contributed by atoms with Crippen LogP contribution in [0.15, 0.2) is 24.5 Å². The van der Waals surface area contributed by atoms with E-state index in [-0.39, 0.29) is 30.4 Å². The molecule has 1 N–H and O–H groups in total. The maximum atomic E-state index is 14.2. The SMILES string of the molecule is C[C@@H]1CNC[C@H](C)N1C(=O)N1Cc2c(C(=O)OC(C)(C)C)ncn2-c2ccc(F)cc21. The zero-order valence-electron chi connectivity index (χ0n) is 18.5. The van der Waals surface area contributed by atoms with E-state index in [0.717, 1.165) is 0 Å². The van der Waals surface area contributed by atoms with Gasteiger partial charge in [-0.3, -0.25) is 9.47 Å². The molecule has 2 aromatic rings. The van der Waals surface area contributed by atoms with Gasteiger partial charge in [-0.2, -0.15) is 0 Å². The fourth-order valence-electron chi connectivity index (χ4n) is 4.20. The number of piperazine rings is 1. The number of nitrogens with one attached hydrogen (secondary N) is 1. The van der Waals surface area contributed by atoms with Crippen molar-refractivity contribution in [2.24, 2.45) is 0 Å². The van der Waals surface area contributed by atoms with Crippen molar-refractivity contribution in [3.05, 3.63) is 41.7 Å². The van der Waals surface area contributed by atoms with Crippen LogP contribution in [0.25, 0.3) is 5.69 Å². The highest BCUT2D eigenvalue weighted by Gasteiger charge is 2.38. The van der Waals surface area contributed by atoms with E-state index in [9.17, 15) is 14.0 Å². The third kappa shape index (κ3) is 3.89. The Hall–Kier alpha value is -2.94. The fraction of sp³-hybridized carbons (Fsp3) is 0.500. The summed E-state index contributed by atoms with van der Waals surface area (Å²) in [6.45, 7) is 10.8. The normalized spacial score (nSPS) is 20.8. The van der Waals surface area contributed by atoms with Gasteiger partial charge in [0.15, 0.2) is 5.69 Å². The summed E-state index contributed by atoms with van der Waals surface area (Å²) in [4.78, 5) is 34.0. The first kappa shape index (κ1) is 21.3. The monoisotopic (exact) mass is 429 g/mol. The van der Waals surface area contributed by atoms with Gasteiger partial charge in [-0.15, -0.1) is 0 Å². The van der Waals surface area contributed by atoms with E-state index in [1.54, 1.807) is 31.4 Å². The Labute approximate surface area is 181 Å². The number of aromatic nitrogens is 2. The number of amides is 2. The molecule has 0 radical (unpaired) electrons. The second-order valence-corrected chi connectivity index (χ2v) is 9.18. The summed E-state index contributed by atoms with van der Waals surface area (Å²) in [6.07, 6.45) is 1.52. The molecular weight excluding hydrogens is 401 g/mol. The van der Waals surface area contributed by atoms with Crippen molar-refractivity contribution in [2.75, 3.05) is 18.0 Å². The Morgan fingerprint density at radius 2 is 1.84 bits per heavy atom. The summed E-state index contributed by atoms with van der Waals surface area (Å²) in [7, 11) is 0. The minimum atomic E-state index is -0.676. The topological polar surface area (TPSA) is 79.7 Å². The first-order valence-electron chi connectivity index (χ1n) is 10.5. The summed E-state index contributed by atoms with van der Waals surface area (Å²) in [5, 5.41) is 3.31. The zero-order chi connectivity index (χ0) is 22.5. The smallest absolute Gasteiger partial charge is 0.359 e. The van der Waals surface area contributed by atoms with Crippen LogP contribution in [0.5, 0.6) is 0 Å². The molecular formula is C22H28FN5O3. The van der Waals surface area contributed by atoms with Gasteiger partial charge in [0, 0.05) is 25.2 Å². The molecule has 2 amide bonds. The number of esters is 1. The van der Waals surface area contributed by atoms with Gasteiger partial charge in [-0.25, -0.2) is 19.0 Å². The van der Waals surface area contributed by atoms with E-state index in [1.165, 1.54) is 23.4 Å². The van der Waals surface area contributed by atoms with E-state index in [2.05, 4.69) is 10.3 Å². The first-order valence-corrected chi connectivity index (χ1v) is 10.5. The number of halogens is 1. The van der Waals surface area contributed by atoms with Crippen molar-refractivity contribution in [3.63, 3.8) is 0 Å². The summed E-state index contributed by atoms with van der Waals surface area (Å²) in [6, 6.07) is 4.01. The van der Waals surface area contributed by atoms with Gasteiger partial charge >= 0.3 is 12.0 Å². The molecule has 2 aliphatic heterocycles. The Morgan fingerprint density at radius 1 is 1.16 bits per heavy atom. The van der Waals surface area contributed by atoms with Crippen molar-refractivity contribution in [1.29, 1.82) is 0 Å². The average Bonchev–Trinajstić information content (AvgIpc) is 3.09. The van der Waals surface area contributed by atoms with Crippen LogP contribution in [-0.4, -0.2) is 57.2 Å². The maximum Gasteiger partial charge on any atom is 0.359 e. The third-order valence-electron chi connectivity index (χ3n) is 5.54. The molecule has 1 fully saturated rings. The minimum Gasteiger partial charge on any atom is -0.455 e. The molecule has 4 rings (SSSR count). The summed E-state index contributed by atoms with van der Waals surface area (Å²) in [5.41, 5.74) is 1.06. The molecule has 1 saturated heterocycles. The van der Waals surface area contributed by atoms with Crippen LogP contribution in [0.1, 0.15) is 50.8 Å². The molecule has 0 bridgehead atoms. The lowest BCUT2D eigenvalue weighted by Gasteiger charge is -2.43. The van der Waals surface area contributed by atoms with Gasteiger partial charge in [0.1, 0.15) is 17.7 Å². The number of ether oxygens (including phenoxy) is 1. The number of hydrogen-bond acceptors (Lipinski definition) is 5.